The SMILES string of the molecule is C[C@H](CO)NS(=O)(=O)c1ccc(N)nc1. The number of aromatic nitrogens is 1. The fraction of sp³-hybridized carbons (Fsp3) is 0.375. The average Bonchev–Trinajstić information content (AvgIpc) is 2.17. The molecule has 1 aromatic heterocycles. The number of rotatable bonds is 4. The van der Waals surface area contributed by atoms with Crippen molar-refractivity contribution >= 4 is 15.8 Å². The summed E-state index contributed by atoms with van der Waals surface area (Å²) in [6, 6.07) is 2.22. The Bertz CT molecular complexity index is 415. The van der Waals surface area contributed by atoms with Crippen LogP contribution in [0.2, 0.25) is 0 Å². The van der Waals surface area contributed by atoms with Crippen LogP contribution in [-0.2, 0) is 10.0 Å². The van der Waals surface area contributed by atoms with E-state index < -0.39 is 16.1 Å². The quantitative estimate of drug-likeness (QED) is 0.637. The number of pyridine rings is 1. The lowest BCUT2D eigenvalue weighted by Crippen LogP contribution is -2.35. The van der Waals surface area contributed by atoms with Crippen molar-refractivity contribution in [1.82, 2.24) is 9.71 Å². The molecule has 15 heavy (non-hydrogen) atoms. The maximum atomic E-state index is 11.6. The van der Waals surface area contributed by atoms with Gasteiger partial charge >= 0.3 is 0 Å². The lowest BCUT2D eigenvalue weighted by molar-refractivity contribution is 0.265. The summed E-state index contributed by atoms with van der Waals surface area (Å²) in [7, 11) is -3.62. The van der Waals surface area contributed by atoms with Crippen molar-refractivity contribution in [1.29, 1.82) is 0 Å². The fourth-order valence-corrected chi connectivity index (χ4v) is 2.10. The first-order valence-electron chi connectivity index (χ1n) is 4.30. The van der Waals surface area contributed by atoms with Gasteiger partial charge in [-0.1, -0.05) is 0 Å². The van der Waals surface area contributed by atoms with Crippen molar-refractivity contribution in [3.05, 3.63) is 18.3 Å². The van der Waals surface area contributed by atoms with E-state index in [1.807, 2.05) is 0 Å². The van der Waals surface area contributed by atoms with Gasteiger partial charge in [0.1, 0.15) is 10.7 Å². The first kappa shape index (κ1) is 11.9. The zero-order chi connectivity index (χ0) is 11.5. The van der Waals surface area contributed by atoms with Gasteiger partial charge in [0.25, 0.3) is 0 Å². The number of nitrogens with zero attached hydrogens (tertiary/aromatic N) is 1. The van der Waals surface area contributed by atoms with Crippen LogP contribution in [-0.4, -0.2) is 31.2 Å². The summed E-state index contributed by atoms with van der Waals surface area (Å²) < 4.78 is 25.5. The number of nitrogens with two attached hydrogens (primary N) is 1. The van der Waals surface area contributed by atoms with Crippen LogP contribution in [0.4, 0.5) is 5.82 Å². The minimum absolute atomic E-state index is 0.0250. The molecule has 84 valence electrons. The standard InChI is InChI=1S/C8H13N3O3S/c1-6(5-12)11-15(13,14)7-2-3-8(9)10-4-7/h2-4,6,11-12H,5H2,1H3,(H2,9,10)/t6-/m1/s1. The van der Waals surface area contributed by atoms with Crippen LogP contribution in [0.1, 0.15) is 6.92 Å². The Balaban J connectivity index is 2.91. The molecular formula is C8H13N3O3S. The molecule has 0 aromatic carbocycles. The maximum absolute atomic E-state index is 11.6. The van der Waals surface area contributed by atoms with Gasteiger partial charge in [0, 0.05) is 12.2 Å². The first-order valence-corrected chi connectivity index (χ1v) is 5.79. The Kier molecular flexibility index (Phi) is 3.61. The molecule has 0 spiro atoms. The smallest absolute Gasteiger partial charge is 0.242 e. The fourth-order valence-electron chi connectivity index (χ4n) is 0.921. The molecule has 0 unspecified atom stereocenters. The minimum Gasteiger partial charge on any atom is -0.395 e. The van der Waals surface area contributed by atoms with Gasteiger partial charge in [-0.05, 0) is 19.1 Å². The molecule has 0 aliphatic carbocycles. The molecule has 7 heteroatoms. The molecule has 0 fully saturated rings. The summed E-state index contributed by atoms with van der Waals surface area (Å²) in [4.78, 5) is 3.70. The molecule has 1 aromatic rings. The number of nitrogen functional groups attached to an aromatic ring is 1. The summed E-state index contributed by atoms with van der Waals surface area (Å²) in [5.41, 5.74) is 5.33. The summed E-state index contributed by atoms with van der Waals surface area (Å²) in [6.07, 6.45) is 1.17. The predicted octanol–water partition coefficient (Wildman–Crippen LogP) is -0.677. The van der Waals surface area contributed by atoms with Crippen molar-refractivity contribution in [2.45, 2.75) is 17.9 Å². The number of nitrogens with one attached hydrogen (secondary N) is 1. The Hall–Kier alpha value is -1.18. The van der Waals surface area contributed by atoms with Gasteiger partial charge in [-0.25, -0.2) is 18.1 Å². The highest BCUT2D eigenvalue weighted by molar-refractivity contribution is 7.89. The number of anilines is 1. The van der Waals surface area contributed by atoms with Crippen LogP contribution in [0.25, 0.3) is 0 Å². The van der Waals surface area contributed by atoms with Gasteiger partial charge in [0.2, 0.25) is 10.0 Å². The van der Waals surface area contributed by atoms with E-state index in [1.54, 1.807) is 6.92 Å². The van der Waals surface area contributed by atoms with Crippen LogP contribution in [0.15, 0.2) is 23.2 Å². The van der Waals surface area contributed by atoms with E-state index in [1.165, 1.54) is 18.3 Å². The average molecular weight is 231 g/mol. The van der Waals surface area contributed by atoms with E-state index in [4.69, 9.17) is 10.8 Å². The van der Waals surface area contributed by atoms with Crippen molar-refractivity contribution in [2.24, 2.45) is 0 Å². The van der Waals surface area contributed by atoms with Gasteiger partial charge in [-0.3, -0.25) is 0 Å². The Labute approximate surface area is 88.2 Å². The number of hydrogen-bond acceptors (Lipinski definition) is 5. The van der Waals surface area contributed by atoms with Crippen molar-refractivity contribution in [3.8, 4) is 0 Å². The number of aliphatic hydroxyl groups is 1. The van der Waals surface area contributed by atoms with Crippen molar-refractivity contribution in [2.75, 3.05) is 12.3 Å². The second-order valence-electron chi connectivity index (χ2n) is 3.12. The van der Waals surface area contributed by atoms with E-state index in [2.05, 4.69) is 9.71 Å². The van der Waals surface area contributed by atoms with Gasteiger partial charge < -0.3 is 10.8 Å². The molecule has 0 aliphatic heterocycles. The van der Waals surface area contributed by atoms with Crippen LogP contribution < -0.4 is 10.5 Å². The molecule has 0 aliphatic rings. The van der Waals surface area contributed by atoms with E-state index in [9.17, 15) is 8.42 Å². The molecule has 4 N–H and O–H groups in total. The molecule has 1 rings (SSSR count). The maximum Gasteiger partial charge on any atom is 0.242 e. The van der Waals surface area contributed by atoms with Crippen molar-refractivity contribution < 1.29 is 13.5 Å². The molecule has 1 heterocycles. The van der Waals surface area contributed by atoms with Gasteiger partial charge in [-0.2, -0.15) is 0 Å². The van der Waals surface area contributed by atoms with Gasteiger partial charge in [-0.15, -0.1) is 0 Å². The molecule has 0 amide bonds. The highest BCUT2D eigenvalue weighted by Crippen LogP contribution is 2.08. The Morgan fingerprint density at radius 3 is 2.73 bits per heavy atom. The Morgan fingerprint density at radius 1 is 1.60 bits per heavy atom. The van der Waals surface area contributed by atoms with Crippen LogP contribution in [0.5, 0.6) is 0 Å². The topological polar surface area (TPSA) is 105 Å². The van der Waals surface area contributed by atoms with Crippen LogP contribution in [0.3, 0.4) is 0 Å². The zero-order valence-corrected chi connectivity index (χ0v) is 9.03. The molecule has 1 atom stereocenters. The summed E-state index contributed by atoms with van der Waals surface area (Å²) in [6.45, 7) is 1.30. The first-order chi connectivity index (χ1) is 6.95. The van der Waals surface area contributed by atoms with E-state index >= 15 is 0 Å². The third-order valence-corrected chi connectivity index (χ3v) is 3.27. The summed E-state index contributed by atoms with van der Waals surface area (Å²) in [5.74, 6) is 0.254. The van der Waals surface area contributed by atoms with E-state index in [0.717, 1.165) is 0 Å². The highest BCUT2D eigenvalue weighted by atomic mass is 32.2. The molecule has 0 saturated carbocycles. The number of hydrogen-bond donors (Lipinski definition) is 3. The second kappa shape index (κ2) is 4.56. The molecule has 0 radical (unpaired) electrons. The minimum atomic E-state index is -3.62. The molecular weight excluding hydrogens is 218 g/mol. The summed E-state index contributed by atoms with van der Waals surface area (Å²) in [5, 5.41) is 8.73. The predicted molar refractivity (Wildman–Crippen MR) is 55.5 cm³/mol. The van der Waals surface area contributed by atoms with Gasteiger partial charge in [0.05, 0.1) is 6.61 Å². The highest BCUT2D eigenvalue weighted by Gasteiger charge is 2.16. The van der Waals surface area contributed by atoms with Crippen LogP contribution >= 0.6 is 0 Å². The van der Waals surface area contributed by atoms with Crippen LogP contribution in [0, 0.1) is 0 Å². The third kappa shape index (κ3) is 3.15. The molecule has 0 saturated heterocycles. The largest absolute Gasteiger partial charge is 0.395 e. The van der Waals surface area contributed by atoms with Crippen molar-refractivity contribution in [3.63, 3.8) is 0 Å². The second-order valence-corrected chi connectivity index (χ2v) is 4.84. The van der Waals surface area contributed by atoms with E-state index in [0.29, 0.717) is 0 Å². The molecule has 6 nitrogen and oxygen atoms in total. The number of aliphatic hydroxyl groups excluding tert-OH is 1. The third-order valence-electron chi connectivity index (χ3n) is 1.70. The van der Waals surface area contributed by atoms with Gasteiger partial charge in [0.15, 0.2) is 0 Å². The zero-order valence-electron chi connectivity index (χ0n) is 8.21. The summed E-state index contributed by atoms with van der Waals surface area (Å²) >= 11 is 0. The Morgan fingerprint density at radius 2 is 2.27 bits per heavy atom. The lowest BCUT2D eigenvalue weighted by atomic mass is 10.4. The molecule has 0 bridgehead atoms. The van der Waals surface area contributed by atoms with E-state index in [-0.39, 0.29) is 17.3 Å². The number of sulfonamides is 1. The lowest BCUT2D eigenvalue weighted by Gasteiger charge is -2.10. The normalized spacial score (nSPS) is 13.7. The monoisotopic (exact) mass is 231 g/mol.